The van der Waals surface area contributed by atoms with E-state index >= 15 is 0 Å². The zero-order valence-corrected chi connectivity index (χ0v) is 60.5. The number of H-pyrrole nitrogens is 1. The molecule has 4 aliphatic heterocycles. The van der Waals surface area contributed by atoms with Gasteiger partial charge in [-0.1, -0.05) is 47.6 Å². The number of aromatic nitrogens is 10. The van der Waals surface area contributed by atoms with E-state index in [-0.39, 0.29) is 103 Å². The summed E-state index contributed by atoms with van der Waals surface area (Å²) in [5.74, 6) is -1.72. The normalized spacial score (nSPS) is 18.2. The molecule has 39 heteroatoms. The third-order valence-corrected chi connectivity index (χ3v) is 27.1. The highest BCUT2D eigenvalue weighted by Crippen LogP contribution is 2.31. The zero-order valence-electron chi connectivity index (χ0n) is 49.2. The molecule has 3 N–H and O–H groups in total. The molecule has 2 aromatic carbocycles. The fourth-order valence-corrected chi connectivity index (χ4v) is 21.0. The van der Waals surface area contributed by atoms with Gasteiger partial charge in [0.2, 0.25) is 23.6 Å². The maximum absolute atomic E-state index is 14.5. The SMILES string of the molecule is C.CC(=O)c1nn(CC(=O)N2C[C@H](F)C[C@H]2C(=O)Nc2cccc(Br)n2)c2ccc(-c3cnc(=O)[nH]c3)cc12.CC(=O)c1nn(CC(=O)N2C[C@H](F)C[C@H]2C(=O)Nc2cccc(Br)n2)c2ccc(-c3cnc(OC4CS(=O)(=O)C4)nc3)cc12.O=S1(=O)CC(Br)C1.S=S=S=S=S=S. The van der Waals surface area contributed by atoms with Gasteiger partial charge in [0.25, 0.3) is 0 Å². The lowest BCUT2D eigenvalue weighted by atomic mass is 10.0. The predicted octanol–water partition coefficient (Wildman–Crippen LogP) is 6.13. The van der Waals surface area contributed by atoms with Crippen molar-refractivity contribution in [2.45, 2.75) is 82.6 Å². The van der Waals surface area contributed by atoms with Crippen molar-refractivity contribution < 1.29 is 59.1 Å². The van der Waals surface area contributed by atoms with Crippen molar-refractivity contribution in [3.63, 3.8) is 0 Å². The largest absolute Gasteiger partial charge is 0.458 e. The van der Waals surface area contributed by atoms with Gasteiger partial charge in [-0.15, -0.1) is 0 Å². The number of aromatic amines is 1. The van der Waals surface area contributed by atoms with Gasteiger partial charge >= 0.3 is 11.7 Å². The number of Topliss-reactive ketones (excluding diaryl/α,β-unsaturated/α-hetero) is 2. The monoisotopic (exact) mass is 1660 g/mol. The minimum atomic E-state index is -3.04. The Morgan fingerprint density at radius 1 is 0.646 bits per heavy atom. The van der Waals surface area contributed by atoms with Crippen LogP contribution in [0.4, 0.5) is 20.4 Å². The number of carbonyl (C=O) groups excluding carboxylic acids is 6. The Balaban J connectivity index is 0.000000206. The number of nitrogens with one attached hydrogen (secondary N) is 3. The molecule has 4 amide bonds. The second kappa shape index (κ2) is 33.2. The molecule has 508 valence electrons. The van der Waals surface area contributed by atoms with Gasteiger partial charge in [0.15, 0.2) is 31.2 Å². The summed E-state index contributed by atoms with van der Waals surface area (Å²) in [6, 6.07) is 18.3. The third-order valence-electron chi connectivity index (χ3n) is 14.5. The molecule has 0 bridgehead atoms. The summed E-state index contributed by atoms with van der Waals surface area (Å²) in [7, 11) is 0.0112. The van der Waals surface area contributed by atoms with Gasteiger partial charge in [0, 0.05) is 136 Å². The number of sulfone groups is 2. The van der Waals surface area contributed by atoms with Crippen molar-refractivity contribution in [2.24, 2.45) is 0 Å². The molecule has 0 saturated carbocycles. The number of fused-ring (bicyclic) bond motifs is 2. The Bertz CT molecular complexity index is 4760. The summed E-state index contributed by atoms with van der Waals surface area (Å²) in [5, 5.41) is 15.0. The summed E-state index contributed by atoms with van der Waals surface area (Å²) in [5.41, 5.74) is 3.42. The van der Waals surface area contributed by atoms with Crippen LogP contribution in [0.5, 0.6) is 6.01 Å². The van der Waals surface area contributed by atoms with Crippen LogP contribution in [0.3, 0.4) is 0 Å². The van der Waals surface area contributed by atoms with Crippen molar-refractivity contribution in [1.82, 2.24) is 59.3 Å². The maximum atomic E-state index is 14.5. The van der Waals surface area contributed by atoms with Crippen LogP contribution < -0.4 is 21.1 Å². The van der Waals surface area contributed by atoms with Crippen LogP contribution >= 0.6 is 47.8 Å². The second-order valence-corrected chi connectivity index (χ2v) is 35.7. The number of pyridine rings is 2. The van der Waals surface area contributed by atoms with E-state index < -0.39 is 79.5 Å². The highest BCUT2D eigenvalue weighted by Gasteiger charge is 2.42. The quantitative estimate of drug-likeness (QED) is 0.0626. The van der Waals surface area contributed by atoms with Crippen LogP contribution in [0.15, 0.2) is 112 Å². The standard InChI is InChI=1S/C28H25BrFN7O6S.C25H21BrFN7O4.C3H5BrO2S.CH4.S6/c1-15(38)26-20-7-16(17-9-31-28(32-10-17)43-19-13-44(41,42)14-19)5-6-21(20)37(35-26)12-25(39)36-11-18(30)8-22(36)27(40)34-24-4-2-3-23(29)33-24;1-13(35)23-17-7-14(15-9-28-25(38)29-10-15)5-6-18(17)34(32-23)12-22(36)33-11-16(27)8-19(33)24(37)31-21-4-2-3-20(26)30-21;4-3-1-7(5,6)2-3;;1-3-5-6-4-2/h2-7,9-10,18-19,22H,8,11-14H2,1H3,(H,33,34,40);2-7,9-10,16,19H,8,11-12H2,1H3,(H,28,29,38)(H,30,31,37);3H,1-2H2;1H4;/t18-,22+;16-,19+;;;/m11.../s1. The van der Waals surface area contributed by atoms with Crippen LogP contribution in [-0.4, -0.2) is 183 Å². The molecule has 0 aliphatic carbocycles. The predicted molar refractivity (Wildman–Crippen MR) is 381 cm³/mol. The second-order valence-electron chi connectivity index (χ2n) is 21.4. The van der Waals surface area contributed by atoms with E-state index in [4.69, 9.17) is 4.74 Å². The van der Waals surface area contributed by atoms with E-state index in [9.17, 15) is 59.2 Å². The minimum absolute atomic E-state index is 0. The Morgan fingerprint density at radius 3 is 1.46 bits per heavy atom. The van der Waals surface area contributed by atoms with Crippen molar-refractivity contribution >= 4 is 194 Å². The molecule has 0 radical (unpaired) electrons. The number of rotatable bonds is 14. The highest BCUT2D eigenvalue weighted by atomic mass is 79.9. The first kappa shape index (κ1) is 75.0. The van der Waals surface area contributed by atoms with Crippen LogP contribution in [0.2, 0.25) is 0 Å². The van der Waals surface area contributed by atoms with Crippen LogP contribution in [0.25, 0.3) is 44.1 Å². The van der Waals surface area contributed by atoms with Gasteiger partial charge < -0.3 is 30.2 Å². The summed E-state index contributed by atoms with van der Waals surface area (Å²) in [4.78, 5) is 114. The number of carbonyl (C=O) groups is 6. The fourth-order valence-electron chi connectivity index (χ4n) is 10.2. The molecule has 4 aliphatic rings. The number of ether oxygens (including phenoxy) is 1. The molecule has 8 aromatic rings. The molecule has 26 nitrogen and oxygen atoms in total. The van der Waals surface area contributed by atoms with Gasteiger partial charge in [-0.3, -0.25) is 38.1 Å². The Morgan fingerprint density at radius 2 is 1.08 bits per heavy atom. The first-order valence-electron chi connectivity index (χ1n) is 27.9. The number of hydrogen-bond donors (Lipinski definition) is 3. The molecular weight excluding hydrogens is 1610 g/mol. The molecule has 12 rings (SSSR count). The molecule has 96 heavy (non-hydrogen) atoms. The van der Waals surface area contributed by atoms with Gasteiger partial charge in [0.1, 0.15) is 75.9 Å². The van der Waals surface area contributed by atoms with Crippen molar-refractivity contribution in [1.29, 1.82) is 0 Å². The zero-order chi connectivity index (χ0) is 68.5. The lowest BCUT2D eigenvalue weighted by Crippen LogP contribution is -2.45. The summed E-state index contributed by atoms with van der Waals surface area (Å²) >= 11 is 18.7. The van der Waals surface area contributed by atoms with E-state index in [1.165, 1.54) is 93.3 Å². The fraction of sp³-hybridized carbons (Fsp3) is 0.333. The van der Waals surface area contributed by atoms with E-state index in [2.05, 4.69) is 121 Å². The Labute approximate surface area is 593 Å². The Hall–Kier alpha value is -6.82. The number of benzene rings is 2. The van der Waals surface area contributed by atoms with Crippen LogP contribution in [-0.2, 0) is 110 Å². The first-order chi connectivity index (χ1) is 45.2. The van der Waals surface area contributed by atoms with E-state index in [0.717, 1.165) is 0 Å². The van der Waals surface area contributed by atoms with Gasteiger partial charge in [-0.2, -0.15) is 10.2 Å². The summed E-state index contributed by atoms with van der Waals surface area (Å²) in [6.45, 7) is 1.64. The average molecular weight is 1660 g/mol. The maximum Gasteiger partial charge on any atom is 0.344 e. The smallest absolute Gasteiger partial charge is 0.344 e. The number of likely N-dealkylation sites (tertiary alicyclic amines) is 2. The van der Waals surface area contributed by atoms with E-state index in [1.807, 2.05) is 0 Å². The Kier molecular flexibility index (Phi) is 25.9. The van der Waals surface area contributed by atoms with Gasteiger partial charge in [0.05, 0.1) is 47.1 Å². The van der Waals surface area contributed by atoms with Crippen molar-refractivity contribution in [2.75, 3.05) is 46.7 Å². The number of ketones is 2. The number of nitrogens with zero attached hydrogens (tertiary/aromatic N) is 11. The van der Waals surface area contributed by atoms with Crippen molar-refractivity contribution in [3.8, 4) is 28.3 Å². The van der Waals surface area contributed by atoms with Gasteiger partial charge in [-0.05, 0) is 91.5 Å². The average Bonchev–Trinajstić information content (AvgIpc) is 1.60. The third kappa shape index (κ3) is 19.5. The van der Waals surface area contributed by atoms with Crippen molar-refractivity contribution in [3.05, 3.63) is 129 Å². The van der Waals surface area contributed by atoms with Crippen LogP contribution in [0.1, 0.15) is 55.1 Å². The number of amides is 4. The summed E-state index contributed by atoms with van der Waals surface area (Å²) < 4.78 is 81.4. The number of anilines is 2. The summed E-state index contributed by atoms with van der Waals surface area (Å²) in [6.07, 6.45) is 2.46. The molecule has 0 spiro atoms. The highest BCUT2D eigenvalue weighted by molar-refractivity contribution is 9.10. The molecule has 0 unspecified atom stereocenters. The first-order valence-corrected chi connectivity index (χ1v) is 40.8. The molecule has 6 aromatic heterocycles. The van der Waals surface area contributed by atoms with E-state index in [0.29, 0.717) is 64.8 Å². The molecular formula is C57H55Br3F2N14O12S8. The molecule has 4 fully saturated rings. The van der Waals surface area contributed by atoms with E-state index in [1.54, 1.807) is 72.8 Å². The topological polar surface area (TPSA) is 343 Å². The lowest BCUT2D eigenvalue weighted by molar-refractivity contribution is -0.137. The minimum Gasteiger partial charge on any atom is -0.458 e. The number of halogens is 5. The number of alkyl halides is 3. The van der Waals surface area contributed by atoms with Crippen LogP contribution in [0, 0.1) is 0 Å². The lowest BCUT2D eigenvalue weighted by Gasteiger charge is -2.25. The number of hydrogen-bond acceptors (Lipinski definition) is 21. The van der Waals surface area contributed by atoms with Gasteiger partial charge in [-0.25, -0.2) is 55.3 Å². The molecule has 10 heterocycles. The molecule has 4 saturated heterocycles. The molecule has 4 atom stereocenters.